The number of halogens is 1. The molecule has 4 amide bonds. The molecule has 24 heavy (non-hydrogen) atoms. The highest BCUT2D eigenvalue weighted by atomic mass is 35.5. The van der Waals surface area contributed by atoms with Gasteiger partial charge in [-0.2, -0.15) is 0 Å². The van der Waals surface area contributed by atoms with Gasteiger partial charge in [0.25, 0.3) is 0 Å². The highest BCUT2D eigenvalue weighted by Gasteiger charge is 2.41. The van der Waals surface area contributed by atoms with Crippen molar-refractivity contribution in [2.45, 2.75) is 51.0 Å². The Morgan fingerprint density at radius 1 is 1.12 bits per heavy atom. The van der Waals surface area contributed by atoms with Gasteiger partial charge in [-0.3, -0.25) is 19.4 Å². The second-order valence-corrected chi connectivity index (χ2v) is 6.71. The topological polar surface area (TPSA) is 57.7 Å². The average molecular weight is 347 g/mol. The van der Waals surface area contributed by atoms with E-state index in [4.69, 9.17) is 11.6 Å². The van der Waals surface area contributed by atoms with Gasteiger partial charge in [-0.05, 0) is 25.3 Å². The first-order valence-corrected chi connectivity index (χ1v) is 8.68. The number of nitrogens with zero attached hydrogens (tertiary/aromatic N) is 2. The molecular formula is C18H19ClN2O3. The molecule has 1 aromatic rings. The van der Waals surface area contributed by atoms with Crippen LogP contribution in [-0.4, -0.2) is 40.2 Å². The standard InChI is InChI=1S/C18H19ClN2O3/c19-14-6-4-5-13(11-14)9-10-20-16(22)12-17(23)21(18(20)24)15-7-2-1-3-8-15/h6,11,15H,1-3,7-10,12H2. The molecule has 1 saturated carbocycles. The summed E-state index contributed by atoms with van der Waals surface area (Å²) in [5.74, 6) is -0.793. The number of amides is 4. The molecule has 0 aromatic heterocycles. The molecule has 0 N–H and O–H groups in total. The predicted octanol–water partition coefficient (Wildman–Crippen LogP) is 3.00. The Kier molecular flexibility index (Phi) is 5.06. The monoisotopic (exact) mass is 346 g/mol. The largest absolute Gasteiger partial charge is 0.333 e. The van der Waals surface area contributed by atoms with Gasteiger partial charge in [0.15, 0.2) is 0 Å². The molecule has 1 saturated heterocycles. The van der Waals surface area contributed by atoms with Crippen LogP contribution in [0.4, 0.5) is 4.79 Å². The fraction of sp³-hybridized carbons (Fsp3) is 0.500. The lowest BCUT2D eigenvalue weighted by molar-refractivity contribution is -0.144. The number of carbonyl (C=O) groups is 3. The molecule has 126 valence electrons. The number of hydrogen-bond donors (Lipinski definition) is 0. The van der Waals surface area contributed by atoms with Crippen LogP contribution in [-0.2, 0) is 16.0 Å². The van der Waals surface area contributed by atoms with Crippen molar-refractivity contribution < 1.29 is 14.4 Å². The van der Waals surface area contributed by atoms with Gasteiger partial charge in [0.2, 0.25) is 11.8 Å². The van der Waals surface area contributed by atoms with E-state index < -0.39 is 11.9 Å². The van der Waals surface area contributed by atoms with E-state index in [1.165, 1.54) is 9.80 Å². The van der Waals surface area contributed by atoms with Gasteiger partial charge >= 0.3 is 6.03 Å². The molecule has 0 unspecified atom stereocenters. The van der Waals surface area contributed by atoms with Crippen molar-refractivity contribution >= 4 is 29.4 Å². The van der Waals surface area contributed by atoms with Crippen molar-refractivity contribution in [2.75, 3.05) is 6.54 Å². The van der Waals surface area contributed by atoms with Crippen LogP contribution in [0, 0.1) is 12.1 Å². The van der Waals surface area contributed by atoms with Crippen molar-refractivity contribution in [3.05, 3.63) is 34.9 Å². The molecular weight excluding hydrogens is 328 g/mol. The lowest BCUT2D eigenvalue weighted by atomic mass is 9.93. The lowest BCUT2D eigenvalue weighted by Crippen LogP contribution is -2.58. The van der Waals surface area contributed by atoms with E-state index in [0.717, 1.165) is 37.7 Å². The van der Waals surface area contributed by atoms with Gasteiger partial charge < -0.3 is 0 Å². The number of imide groups is 2. The summed E-state index contributed by atoms with van der Waals surface area (Å²) in [5, 5.41) is 0.541. The normalized spacial score (nSPS) is 19.6. The summed E-state index contributed by atoms with van der Waals surface area (Å²) in [6.45, 7) is 0.221. The van der Waals surface area contributed by atoms with Gasteiger partial charge in [-0.15, -0.1) is 0 Å². The summed E-state index contributed by atoms with van der Waals surface area (Å²) >= 11 is 5.92. The molecule has 1 aliphatic carbocycles. The molecule has 3 rings (SSSR count). The minimum atomic E-state index is -0.478. The smallest absolute Gasteiger partial charge is 0.274 e. The Hall–Kier alpha value is -2.06. The molecule has 5 nitrogen and oxygen atoms in total. The van der Waals surface area contributed by atoms with Crippen LogP contribution in [0.3, 0.4) is 0 Å². The lowest BCUT2D eigenvalue weighted by Gasteiger charge is -2.38. The van der Waals surface area contributed by atoms with E-state index in [1.54, 1.807) is 12.1 Å². The second kappa shape index (κ2) is 7.23. The van der Waals surface area contributed by atoms with E-state index in [1.807, 2.05) is 0 Å². The third kappa shape index (κ3) is 3.54. The van der Waals surface area contributed by atoms with Crippen molar-refractivity contribution in [1.82, 2.24) is 9.80 Å². The summed E-state index contributed by atoms with van der Waals surface area (Å²) in [6, 6.07) is 8.51. The summed E-state index contributed by atoms with van der Waals surface area (Å²) in [7, 11) is 0. The fourth-order valence-corrected chi connectivity index (χ4v) is 3.57. The molecule has 2 aliphatic rings. The average Bonchev–Trinajstić information content (AvgIpc) is 2.55. The number of hydrogen-bond acceptors (Lipinski definition) is 3. The number of rotatable bonds is 4. The van der Waals surface area contributed by atoms with Crippen molar-refractivity contribution in [2.24, 2.45) is 0 Å². The fourth-order valence-electron chi connectivity index (χ4n) is 3.38. The van der Waals surface area contributed by atoms with Crippen molar-refractivity contribution in [3.63, 3.8) is 0 Å². The summed E-state index contributed by atoms with van der Waals surface area (Å²) in [4.78, 5) is 39.6. The van der Waals surface area contributed by atoms with Crippen LogP contribution in [0.5, 0.6) is 0 Å². The first kappa shape index (κ1) is 16.8. The van der Waals surface area contributed by atoms with Gasteiger partial charge in [0.05, 0.1) is 0 Å². The molecule has 2 fully saturated rings. The Bertz CT molecular complexity index is 655. The van der Waals surface area contributed by atoms with E-state index in [0.29, 0.717) is 11.4 Å². The molecule has 0 radical (unpaired) electrons. The molecule has 6 heteroatoms. The summed E-state index contributed by atoms with van der Waals surface area (Å²) in [5.41, 5.74) is 0.782. The zero-order chi connectivity index (χ0) is 17.1. The zero-order valence-corrected chi connectivity index (χ0v) is 14.1. The van der Waals surface area contributed by atoms with Crippen LogP contribution in [0.15, 0.2) is 12.1 Å². The Balaban J connectivity index is 1.70. The van der Waals surface area contributed by atoms with Crippen molar-refractivity contribution in [3.8, 4) is 0 Å². The first-order valence-electron chi connectivity index (χ1n) is 8.30. The Morgan fingerprint density at radius 2 is 1.88 bits per heavy atom. The maximum Gasteiger partial charge on any atom is 0.333 e. The van der Waals surface area contributed by atoms with Crippen molar-refractivity contribution in [1.29, 1.82) is 0 Å². The minimum Gasteiger partial charge on any atom is -0.274 e. The van der Waals surface area contributed by atoms with Crippen LogP contribution in [0.2, 0.25) is 5.02 Å². The number of carbonyl (C=O) groups excluding carboxylic acids is 3. The Morgan fingerprint density at radius 3 is 2.58 bits per heavy atom. The van der Waals surface area contributed by atoms with Crippen LogP contribution >= 0.6 is 11.6 Å². The Labute approximate surface area is 146 Å². The van der Waals surface area contributed by atoms with E-state index in [9.17, 15) is 14.4 Å². The first-order chi connectivity index (χ1) is 11.6. The maximum absolute atomic E-state index is 12.7. The third-order valence-corrected chi connectivity index (χ3v) is 4.83. The van der Waals surface area contributed by atoms with Gasteiger partial charge in [-0.25, -0.2) is 4.79 Å². The van der Waals surface area contributed by atoms with E-state index in [-0.39, 0.29) is 24.9 Å². The molecule has 1 aromatic carbocycles. The second-order valence-electron chi connectivity index (χ2n) is 6.28. The minimum absolute atomic E-state index is 0.0691. The predicted molar refractivity (Wildman–Crippen MR) is 88.3 cm³/mol. The zero-order valence-electron chi connectivity index (χ0n) is 13.4. The molecule has 0 spiro atoms. The third-order valence-electron chi connectivity index (χ3n) is 4.61. The molecule has 0 atom stereocenters. The molecule has 0 bridgehead atoms. The van der Waals surface area contributed by atoms with Crippen LogP contribution in [0.25, 0.3) is 0 Å². The van der Waals surface area contributed by atoms with Gasteiger partial charge in [0.1, 0.15) is 6.42 Å². The SMILES string of the molecule is O=C1CC(=O)N(C2CCCCC2)C(=O)N1CCc1c#ccc(Cl)c1. The molecule has 1 heterocycles. The van der Waals surface area contributed by atoms with Crippen LogP contribution < -0.4 is 0 Å². The quantitative estimate of drug-likeness (QED) is 0.787. The number of urea groups is 1. The molecule has 1 aliphatic heterocycles. The van der Waals surface area contributed by atoms with Gasteiger partial charge in [0, 0.05) is 29.2 Å². The van der Waals surface area contributed by atoms with E-state index >= 15 is 0 Å². The van der Waals surface area contributed by atoms with E-state index in [2.05, 4.69) is 12.1 Å². The highest BCUT2D eigenvalue weighted by Crippen LogP contribution is 2.26. The summed E-state index contributed by atoms with van der Waals surface area (Å²) < 4.78 is 0. The highest BCUT2D eigenvalue weighted by molar-refractivity contribution is 6.30. The summed E-state index contributed by atoms with van der Waals surface area (Å²) in [6.07, 6.45) is 5.05. The van der Waals surface area contributed by atoms with Gasteiger partial charge in [-0.1, -0.05) is 43.0 Å². The van der Waals surface area contributed by atoms with Crippen LogP contribution in [0.1, 0.15) is 44.1 Å². The maximum atomic E-state index is 12.7. The number of barbiturate groups is 1.